The van der Waals surface area contributed by atoms with Gasteiger partial charge in [0.05, 0.1) is 5.38 Å². The number of hydrogen-bond acceptors (Lipinski definition) is 1. The zero-order valence-electron chi connectivity index (χ0n) is 8.77. The normalized spacial score (nSPS) is 34.9. The molecule has 0 aromatic heterocycles. The minimum absolute atomic E-state index is 0.411. The number of nitrogens with zero attached hydrogens (tertiary/aromatic N) is 1. The van der Waals surface area contributed by atoms with E-state index in [1.54, 1.807) is 0 Å². The van der Waals surface area contributed by atoms with Crippen LogP contribution in [0.2, 0.25) is 0 Å². The summed E-state index contributed by atoms with van der Waals surface area (Å²) in [5.74, 6) is 0.750. The molecule has 1 saturated carbocycles. The predicted molar refractivity (Wildman–Crippen MR) is 63.0 cm³/mol. The van der Waals surface area contributed by atoms with Gasteiger partial charge >= 0.3 is 0 Å². The quantitative estimate of drug-likeness (QED) is 0.695. The summed E-state index contributed by atoms with van der Waals surface area (Å²) in [5.41, 5.74) is 1.41. The average Bonchev–Trinajstić information content (AvgIpc) is 2.75. The molecule has 2 fully saturated rings. The van der Waals surface area contributed by atoms with Crippen molar-refractivity contribution in [3.05, 3.63) is 35.9 Å². The van der Waals surface area contributed by atoms with Crippen molar-refractivity contribution in [2.24, 2.45) is 5.92 Å². The van der Waals surface area contributed by atoms with Gasteiger partial charge < -0.3 is 0 Å². The lowest BCUT2D eigenvalue weighted by Crippen LogP contribution is -2.32. The lowest BCUT2D eigenvalue weighted by molar-refractivity contribution is 0.205. The Hall–Kier alpha value is -0.530. The van der Waals surface area contributed by atoms with Gasteiger partial charge in [0.15, 0.2) is 0 Å². The average molecular weight is 222 g/mol. The van der Waals surface area contributed by atoms with Gasteiger partial charge in [-0.25, -0.2) is 0 Å². The van der Waals surface area contributed by atoms with Crippen LogP contribution in [-0.2, 0) is 6.54 Å². The maximum Gasteiger partial charge on any atom is 0.0531 e. The van der Waals surface area contributed by atoms with Crippen LogP contribution in [0.25, 0.3) is 0 Å². The van der Waals surface area contributed by atoms with Crippen molar-refractivity contribution < 1.29 is 0 Å². The first-order valence-corrected chi connectivity index (χ1v) is 6.20. The fourth-order valence-electron chi connectivity index (χ4n) is 3.03. The molecule has 0 unspecified atom stereocenters. The molecule has 1 aromatic rings. The molecule has 1 aliphatic heterocycles. The maximum atomic E-state index is 6.39. The number of alkyl halides is 1. The minimum atomic E-state index is 0.411. The van der Waals surface area contributed by atoms with Gasteiger partial charge in [-0.05, 0) is 24.3 Å². The molecule has 0 radical (unpaired) electrons. The highest BCUT2D eigenvalue weighted by atomic mass is 35.5. The summed E-state index contributed by atoms with van der Waals surface area (Å²) in [4.78, 5) is 2.56. The van der Waals surface area contributed by atoms with Crippen molar-refractivity contribution >= 4 is 11.6 Å². The molecule has 2 bridgehead atoms. The third-order valence-electron chi connectivity index (χ3n) is 3.82. The highest BCUT2D eigenvalue weighted by Gasteiger charge is 2.45. The van der Waals surface area contributed by atoms with E-state index in [1.807, 2.05) is 0 Å². The van der Waals surface area contributed by atoms with Crippen LogP contribution in [-0.4, -0.2) is 22.9 Å². The fourth-order valence-corrected chi connectivity index (χ4v) is 3.52. The van der Waals surface area contributed by atoms with Crippen molar-refractivity contribution in [2.45, 2.75) is 30.8 Å². The van der Waals surface area contributed by atoms with Gasteiger partial charge in [-0.2, -0.15) is 0 Å². The van der Waals surface area contributed by atoms with Gasteiger partial charge in [0, 0.05) is 19.1 Å². The Morgan fingerprint density at radius 2 is 2.00 bits per heavy atom. The van der Waals surface area contributed by atoms with Crippen molar-refractivity contribution in [3.63, 3.8) is 0 Å². The molecule has 1 nitrogen and oxygen atoms in total. The van der Waals surface area contributed by atoms with Crippen LogP contribution < -0.4 is 0 Å². The standard InChI is InChI=1S/C13H16ClN/c14-13-11-6-7-12(13)15(9-11)8-10-4-2-1-3-5-10/h1-5,11-13H,6-9H2/t11-,12+,13+/m0/s1. The third-order valence-corrected chi connectivity index (χ3v) is 4.46. The Morgan fingerprint density at radius 3 is 2.60 bits per heavy atom. The lowest BCUT2D eigenvalue weighted by atomic mass is 10.1. The first-order valence-electron chi connectivity index (χ1n) is 5.76. The molecule has 80 valence electrons. The lowest BCUT2D eigenvalue weighted by Gasteiger charge is -2.26. The van der Waals surface area contributed by atoms with Gasteiger partial charge in [-0.15, -0.1) is 11.6 Å². The summed E-state index contributed by atoms with van der Waals surface area (Å²) >= 11 is 6.39. The Bertz CT molecular complexity index is 338. The van der Waals surface area contributed by atoms with Crippen molar-refractivity contribution in [1.29, 1.82) is 0 Å². The van der Waals surface area contributed by atoms with Crippen molar-refractivity contribution in [2.75, 3.05) is 6.54 Å². The number of benzene rings is 1. The molecule has 0 N–H and O–H groups in total. The van der Waals surface area contributed by atoms with E-state index in [9.17, 15) is 0 Å². The molecule has 2 aliphatic rings. The summed E-state index contributed by atoms with van der Waals surface area (Å²) in [6.07, 6.45) is 2.63. The molecular weight excluding hydrogens is 206 g/mol. The van der Waals surface area contributed by atoms with Crippen molar-refractivity contribution in [3.8, 4) is 0 Å². The second-order valence-corrected chi connectivity index (χ2v) is 5.27. The first-order chi connectivity index (χ1) is 7.34. The summed E-state index contributed by atoms with van der Waals surface area (Å²) in [6.45, 7) is 2.28. The second-order valence-electron chi connectivity index (χ2n) is 4.76. The van der Waals surface area contributed by atoms with Crippen LogP contribution in [0, 0.1) is 5.92 Å². The Balaban J connectivity index is 1.71. The Labute approximate surface area is 96.0 Å². The number of likely N-dealkylation sites (tertiary alicyclic amines) is 1. The molecule has 1 heterocycles. The van der Waals surface area contributed by atoms with Crippen LogP contribution >= 0.6 is 11.6 Å². The summed E-state index contributed by atoms with van der Waals surface area (Å²) in [6, 6.07) is 11.3. The van der Waals surface area contributed by atoms with E-state index in [-0.39, 0.29) is 0 Å². The predicted octanol–water partition coefficient (Wildman–Crippen LogP) is 2.89. The van der Waals surface area contributed by atoms with Gasteiger partial charge in [0.2, 0.25) is 0 Å². The minimum Gasteiger partial charge on any atom is -0.294 e. The number of rotatable bonds is 2. The highest BCUT2D eigenvalue weighted by molar-refractivity contribution is 6.21. The molecule has 3 rings (SSSR count). The second kappa shape index (κ2) is 3.80. The van der Waals surface area contributed by atoms with E-state index < -0.39 is 0 Å². The molecule has 2 heteroatoms. The summed E-state index contributed by atoms with van der Waals surface area (Å²) in [5, 5.41) is 0.411. The largest absolute Gasteiger partial charge is 0.294 e. The van der Waals surface area contributed by atoms with Gasteiger partial charge in [-0.1, -0.05) is 30.3 Å². The first kappa shape index (κ1) is 9.68. The zero-order valence-corrected chi connectivity index (χ0v) is 9.53. The number of fused-ring (bicyclic) bond motifs is 2. The van der Waals surface area contributed by atoms with Crippen molar-refractivity contribution in [1.82, 2.24) is 4.90 Å². The fraction of sp³-hybridized carbons (Fsp3) is 0.538. The Kier molecular flexibility index (Phi) is 2.45. The molecule has 1 saturated heterocycles. The topological polar surface area (TPSA) is 3.24 Å². The summed E-state index contributed by atoms with van der Waals surface area (Å²) < 4.78 is 0. The number of piperidine rings is 1. The van der Waals surface area contributed by atoms with E-state index in [0.29, 0.717) is 11.4 Å². The summed E-state index contributed by atoms with van der Waals surface area (Å²) in [7, 11) is 0. The van der Waals surface area contributed by atoms with E-state index in [1.165, 1.54) is 24.9 Å². The van der Waals surface area contributed by atoms with E-state index in [0.717, 1.165) is 12.5 Å². The molecule has 3 atom stereocenters. The maximum absolute atomic E-state index is 6.39. The molecular formula is C13H16ClN. The molecule has 1 aromatic carbocycles. The smallest absolute Gasteiger partial charge is 0.0531 e. The molecule has 1 aliphatic carbocycles. The highest BCUT2D eigenvalue weighted by Crippen LogP contribution is 2.41. The van der Waals surface area contributed by atoms with Crippen LogP contribution in [0.4, 0.5) is 0 Å². The van der Waals surface area contributed by atoms with Crippen LogP contribution in [0.1, 0.15) is 18.4 Å². The van der Waals surface area contributed by atoms with Gasteiger partial charge in [-0.3, -0.25) is 4.90 Å². The number of hydrogen-bond donors (Lipinski definition) is 0. The monoisotopic (exact) mass is 221 g/mol. The van der Waals surface area contributed by atoms with E-state index >= 15 is 0 Å². The van der Waals surface area contributed by atoms with Crippen LogP contribution in [0.3, 0.4) is 0 Å². The Morgan fingerprint density at radius 1 is 1.20 bits per heavy atom. The zero-order chi connectivity index (χ0) is 10.3. The third kappa shape index (κ3) is 1.68. The SMILES string of the molecule is Cl[C@@H]1[C@H]2CC[C@H]1N(Cc1ccccc1)C2. The van der Waals surface area contributed by atoms with Crippen LogP contribution in [0.5, 0.6) is 0 Å². The molecule has 15 heavy (non-hydrogen) atoms. The molecule has 0 amide bonds. The van der Waals surface area contributed by atoms with E-state index in [4.69, 9.17) is 11.6 Å². The van der Waals surface area contributed by atoms with E-state index in [2.05, 4.69) is 35.2 Å². The van der Waals surface area contributed by atoms with Gasteiger partial charge in [0.1, 0.15) is 0 Å². The van der Waals surface area contributed by atoms with Crippen LogP contribution in [0.15, 0.2) is 30.3 Å². The van der Waals surface area contributed by atoms with Gasteiger partial charge in [0.25, 0.3) is 0 Å². The molecule has 0 spiro atoms. The number of halogens is 1.